The van der Waals surface area contributed by atoms with Gasteiger partial charge in [0.25, 0.3) is 0 Å². The minimum absolute atomic E-state index is 0.181. The van der Waals surface area contributed by atoms with Crippen molar-refractivity contribution in [2.24, 2.45) is 0 Å². The quantitative estimate of drug-likeness (QED) is 0.880. The first kappa shape index (κ1) is 14.2. The van der Waals surface area contributed by atoms with Gasteiger partial charge in [0.05, 0.1) is 0 Å². The first-order chi connectivity index (χ1) is 9.10. The Balaban J connectivity index is 2.25. The van der Waals surface area contributed by atoms with Gasteiger partial charge >= 0.3 is 0 Å². The second-order valence-corrected chi connectivity index (χ2v) is 5.59. The van der Waals surface area contributed by atoms with E-state index < -0.39 is 0 Å². The van der Waals surface area contributed by atoms with Gasteiger partial charge in [-0.2, -0.15) is 0 Å². The lowest BCUT2D eigenvalue weighted by molar-refractivity contribution is 0.581. The Labute approximate surface area is 122 Å². The number of halogens is 2. The Morgan fingerprint density at radius 3 is 2.63 bits per heavy atom. The van der Waals surface area contributed by atoms with E-state index in [-0.39, 0.29) is 11.9 Å². The molecule has 1 unspecified atom stereocenters. The third kappa shape index (κ3) is 3.64. The second-order valence-electron chi connectivity index (χ2n) is 4.68. The molecule has 0 aromatic heterocycles. The van der Waals surface area contributed by atoms with E-state index in [2.05, 4.69) is 40.3 Å². The molecule has 0 bridgehead atoms. The van der Waals surface area contributed by atoms with Gasteiger partial charge < -0.3 is 5.32 Å². The topological polar surface area (TPSA) is 12.0 Å². The van der Waals surface area contributed by atoms with E-state index in [0.717, 1.165) is 16.5 Å². The summed E-state index contributed by atoms with van der Waals surface area (Å²) < 4.78 is 14.3. The Morgan fingerprint density at radius 2 is 2.00 bits per heavy atom. The molecular formula is C16H17BrFN. The first-order valence-corrected chi connectivity index (χ1v) is 7.07. The number of rotatable bonds is 4. The number of likely N-dealkylation sites (N-methyl/N-ethyl adjacent to an activating group) is 1. The largest absolute Gasteiger partial charge is 0.313 e. The molecule has 100 valence electrons. The van der Waals surface area contributed by atoms with Gasteiger partial charge in [0.2, 0.25) is 0 Å². The van der Waals surface area contributed by atoms with Gasteiger partial charge in [0.15, 0.2) is 0 Å². The molecule has 0 fully saturated rings. The summed E-state index contributed by atoms with van der Waals surface area (Å²) in [7, 11) is 1.94. The van der Waals surface area contributed by atoms with Crippen LogP contribution < -0.4 is 5.32 Å². The summed E-state index contributed by atoms with van der Waals surface area (Å²) >= 11 is 3.47. The van der Waals surface area contributed by atoms with Crippen LogP contribution in [0.4, 0.5) is 4.39 Å². The van der Waals surface area contributed by atoms with Gasteiger partial charge in [-0.05, 0) is 61.3 Å². The second kappa shape index (κ2) is 6.31. The van der Waals surface area contributed by atoms with E-state index in [1.54, 1.807) is 12.1 Å². The number of aryl methyl sites for hydroxylation is 1. The Kier molecular flexibility index (Phi) is 4.72. The average molecular weight is 322 g/mol. The van der Waals surface area contributed by atoms with Crippen molar-refractivity contribution in [3.05, 3.63) is 69.4 Å². The van der Waals surface area contributed by atoms with Crippen molar-refractivity contribution in [3.8, 4) is 0 Å². The zero-order valence-corrected chi connectivity index (χ0v) is 12.7. The SMILES string of the molecule is CNC(Cc1cccc(F)c1)c1ccc(Br)cc1C. The van der Waals surface area contributed by atoms with E-state index >= 15 is 0 Å². The highest BCUT2D eigenvalue weighted by Crippen LogP contribution is 2.24. The van der Waals surface area contributed by atoms with Crippen molar-refractivity contribution in [2.45, 2.75) is 19.4 Å². The van der Waals surface area contributed by atoms with Crippen LogP contribution in [0.5, 0.6) is 0 Å². The van der Waals surface area contributed by atoms with Crippen LogP contribution in [0.15, 0.2) is 46.9 Å². The van der Waals surface area contributed by atoms with Crippen LogP contribution in [0.25, 0.3) is 0 Å². The zero-order valence-electron chi connectivity index (χ0n) is 11.1. The smallest absolute Gasteiger partial charge is 0.123 e. The number of hydrogen-bond donors (Lipinski definition) is 1. The summed E-state index contributed by atoms with van der Waals surface area (Å²) in [6, 6.07) is 13.2. The molecule has 0 aliphatic rings. The maximum Gasteiger partial charge on any atom is 0.123 e. The minimum atomic E-state index is -0.181. The third-order valence-electron chi connectivity index (χ3n) is 3.28. The molecule has 0 amide bonds. The van der Waals surface area contributed by atoms with Crippen molar-refractivity contribution >= 4 is 15.9 Å². The molecule has 19 heavy (non-hydrogen) atoms. The minimum Gasteiger partial charge on any atom is -0.313 e. The molecule has 0 saturated carbocycles. The predicted octanol–water partition coefficient (Wildman–Crippen LogP) is 4.40. The van der Waals surface area contributed by atoms with E-state index in [4.69, 9.17) is 0 Å². The summed E-state index contributed by atoms with van der Waals surface area (Å²) in [5.41, 5.74) is 3.47. The van der Waals surface area contributed by atoms with Gasteiger partial charge in [-0.25, -0.2) is 4.39 Å². The monoisotopic (exact) mass is 321 g/mol. The fourth-order valence-electron chi connectivity index (χ4n) is 2.30. The maximum absolute atomic E-state index is 13.2. The Morgan fingerprint density at radius 1 is 1.21 bits per heavy atom. The molecule has 0 saturated heterocycles. The van der Waals surface area contributed by atoms with E-state index in [9.17, 15) is 4.39 Å². The normalized spacial score (nSPS) is 12.4. The van der Waals surface area contributed by atoms with Gasteiger partial charge in [-0.3, -0.25) is 0 Å². The molecule has 3 heteroatoms. The summed E-state index contributed by atoms with van der Waals surface area (Å²) in [4.78, 5) is 0. The van der Waals surface area contributed by atoms with Crippen LogP contribution in [0.3, 0.4) is 0 Å². The fraction of sp³-hybridized carbons (Fsp3) is 0.250. The van der Waals surface area contributed by atoms with Crippen molar-refractivity contribution in [1.29, 1.82) is 0 Å². The molecule has 0 spiro atoms. The lowest BCUT2D eigenvalue weighted by Gasteiger charge is -2.19. The van der Waals surface area contributed by atoms with Crippen LogP contribution in [0, 0.1) is 12.7 Å². The first-order valence-electron chi connectivity index (χ1n) is 6.28. The lowest BCUT2D eigenvalue weighted by Crippen LogP contribution is -2.19. The van der Waals surface area contributed by atoms with Crippen molar-refractivity contribution in [2.75, 3.05) is 7.05 Å². The highest BCUT2D eigenvalue weighted by molar-refractivity contribution is 9.10. The number of benzene rings is 2. The zero-order chi connectivity index (χ0) is 13.8. The number of hydrogen-bond acceptors (Lipinski definition) is 1. The van der Waals surface area contributed by atoms with Crippen LogP contribution in [0.2, 0.25) is 0 Å². The molecule has 0 aliphatic carbocycles. The van der Waals surface area contributed by atoms with E-state index in [0.29, 0.717) is 0 Å². The van der Waals surface area contributed by atoms with Crippen LogP contribution >= 0.6 is 15.9 Å². The lowest BCUT2D eigenvalue weighted by atomic mass is 9.95. The third-order valence-corrected chi connectivity index (χ3v) is 3.78. The molecule has 0 heterocycles. The average Bonchev–Trinajstić information content (AvgIpc) is 2.37. The van der Waals surface area contributed by atoms with Crippen LogP contribution in [-0.2, 0) is 6.42 Å². The summed E-state index contributed by atoms with van der Waals surface area (Å²) in [6.07, 6.45) is 0.775. The fourth-order valence-corrected chi connectivity index (χ4v) is 2.77. The molecule has 2 rings (SSSR count). The van der Waals surface area contributed by atoms with Crippen molar-refractivity contribution < 1.29 is 4.39 Å². The summed E-state index contributed by atoms with van der Waals surface area (Å²) in [5, 5.41) is 3.31. The highest BCUT2D eigenvalue weighted by atomic mass is 79.9. The standard InChI is InChI=1S/C16H17BrFN/c1-11-8-13(17)6-7-15(11)16(19-2)10-12-4-3-5-14(18)9-12/h3-9,16,19H,10H2,1-2H3. The van der Waals surface area contributed by atoms with E-state index in [1.165, 1.54) is 17.2 Å². The molecule has 0 radical (unpaired) electrons. The van der Waals surface area contributed by atoms with Crippen molar-refractivity contribution in [1.82, 2.24) is 5.32 Å². The molecule has 0 aliphatic heterocycles. The molecule has 1 N–H and O–H groups in total. The molecule has 2 aromatic rings. The van der Waals surface area contributed by atoms with Crippen molar-refractivity contribution in [3.63, 3.8) is 0 Å². The van der Waals surface area contributed by atoms with Gasteiger partial charge in [0, 0.05) is 10.5 Å². The van der Waals surface area contributed by atoms with Gasteiger partial charge in [-0.15, -0.1) is 0 Å². The Bertz CT molecular complexity index is 568. The molecule has 1 atom stereocenters. The number of nitrogens with one attached hydrogen (secondary N) is 1. The van der Waals surface area contributed by atoms with Crippen LogP contribution in [0.1, 0.15) is 22.7 Å². The van der Waals surface area contributed by atoms with Gasteiger partial charge in [0.1, 0.15) is 5.82 Å². The Hall–Kier alpha value is -1.19. The molecule has 1 nitrogen and oxygen atoms in total. The van der Waals surface area contributed by atoms with E-state index in [1.807, 2.05) is 19.2 Å². The predicted molar refractivity (Wildman–Crippen MR) is 80.8 cm³/mol. The van der Waals surface area contributed by atoms with Crippen LogP contribution in [-0.4, -0.2) is 7.05 Å². The highest BCUT2D eigenvalue weighted by Gasteiger charge is 2.13. The molecule has 2 aromatic carbocycles. The van der Waals surface area contributed by atoms with Gasteiger partial charge in [-0.1, -0.05) is 34.1 Å². The summed E-state index contributed by atoms with van der Waals surface area (Å²) in [6.45, 7) is 2.09. The molecular weight excluding hydrogens is 305 g/mol. The maximum atomic E-state index is 13.2. The summed E-state index contributed by atoms with van der Waals surface area (Å²) in [5.74, 6) is -0.181.